The summed E-state index contributed by atoms with van der Waals surface area (Å²) in [6, 6.07) is 3.67. The van der Waals surface area contributed by atoms with Gasteiger partial charge in [-0.2, -0.15) is 10.4 Å². The number of aromatic nitrogens is 2. The quantitative estimate of drug-likeness (QED) is 0.765. The zero-order valence-electron chi connectivity index (χ0n) is 9.07. The lowest BCUT2D eigenvalue weighted by molar-refractivity contribution is 0.538. The zero-order chi connectivity index (χ0) is 11.4. The van der Waals surface area contributed by atoms with Crippen molar-refractivity contribution in [1.82, 2.24) is 9.78 Å². The van der Waals surface area contributed by atoms with Crippen molar-refractivity contribution in [1.29, 1.82) is 5.26 Å². The molecule has 0 bridgehead atoms. The van der Waals surface area contributed by atoms with Crippen LogP contribution >= 0.6 is 0 Å². The van der Waals surface area contributed by atoms with Gasteiger partial charge in [-0.1, -0.05) is 0 Å². The van der Waals surface area contributed by atoms with Crippen molar-refractivity contribution in [2.75, 3.05) is 11.9 Å². The average molecular weight is 218 g/mol. The molecule has 0 amide bonds. The molecule has 84 valence electrons. The molecule has 1 aliphatic heterocycles. The van der Waals surface area contributed by atoms with E-state index in [1.54, 1.807) is 6.07 Å². The topological polar surface area (TPSA) is 70.7 Å². The Morgan fingerprint density at radius 2 is 2.50 bits per heavy atom. The van der Waals surface area contributed by atoms with E-state index in [1.165, 1.54) is 4.68 Å². The Balaban J connectivity index is 2.19. The van der Waals surface area contributed by atoms with Gasteiger partial charge in [0.2, 0.25) is 0 Å². The summed E-state index contributed by atoms with van der Waals surface area (Å²) in [5.41, 5.74) is 1.74. The third-order valence-electron chi connectivity index (χ3n) is 2.64. The van der Waals surface area contributed by atoms with Crippen molar-refractivity contribution < 1.29 is 0 Å². The molecule has 0 fully saturated rings. The number of anilines is 1. The maximum atomic E-state index is 11.7. The maximum absolute atomic E-state index is 11.7. The van der Waals surface area contributed by atoms with Gasteiger partial charge in [0.25, 0.3) is 5.56 Å². The Bertz CT molecular complexity index is 472. The number of nitriles is 1. The van der Waals surface area contributed by atoms with Gasteiger partial charge in [-0.25, -0.2) is 4.68 Å². The summed E-state index contributed by atoms with van der Waals surface area (Å²) >= 11 is 0. The first-order chi connectivity index (χ1) is 7.81. The van der Waals surface area contributed by atoms with Gasteiger partial charge in [-0.15, -0.1) is 0 Å². The summed E-state index contributed by atoms with van der Waals surface area (Å²) in [6.07, 6.45) is 3.11. The molecule has 5 nitrogen and oxygen atoms in total. The largest absolute Gasteiger partial charge is 0.383 e. The van der Waals surface area contributed by atoms with Crippen LogP contribution in [-0.4, -0.2) is 16.3 Å². The number of unbranched alkanes of at least 4 members (excludes halogenated alkanes) is 1. The highest BCUT2D eigenvalue weighted by molar-refractivity contribution is 5.48. The highest BCUT2D eigenvalue weighted by atomic mass is 16.1. The summed E-state index contributed by atoms with van der Waals surface area (Å²) < 4.78 is 1.46. The molecule has 0 saturated heterocycles. The minimum atomic E-state index is -0.0916. The summed E-state index contributed by atoms with van der Waals surface area (Å²) in [5.74, 6) is 0. The van der Waals surface area contributed by atoms with Gasteiger partial charge in [-0.3, -0.25) is 4.79 Å². The Morgan fingerprint density at radius 3 is 3.31 bits per heavy atom. The Hall–Kier alpha value is -1.83. The van der Waals surface area contributed by atoms with E-state index in [2.05, 4.69) is 16.5 Å². The number of nitrogens with one attached hydrogen (secondary N) is 1. The third-order valence-corrected chi connectivity index (χ3v) is 2.64. The number of aryl methyl sites for hydroxylation is 2. The summed E-state index contributed by atoms with van der Waals surface area (Å²) in [7, 11) is 0. The minimum absolute atomic E-state index is 0.0916. The van der Waals surface area contributed by atoms with Crippen LogP contribution in [0.1, 0.15) is 25.0 Å². The van der Waals surface area contributed by atoms with Crippen LogP contribution in [0.4, 0.5) is 5.69 Å². The van der Waals surface area contributed by atoms with Gasteiger partial charge in [0.1, 0.15) is 0 Å². The molecular formula is C11H14N4O. The second-order valence-electron chi connectivity index (χ2n) is 3.86. The van der Waals surface area contributed by atoms with Crippen LogP contribution in [0.25, 0.3) is 0 Å². The van der Waals surface area contributed by atoms with Crippen molar-refractivity contribution in [3.05, 3.63) is 22.1 Å². The lowest BCUT2D eigenvalue weighted by Gasteiger charge is -2.17. The summed E-state index contributed by atoms with van der Waals surface area (Å²) in [6.45, 7) is 1.44. The van der Waals surface area contributed by atoms with Crippen molar-refractivity contribution in [2.24, 2.45) is 0 Å². The van der Waals surface area contributed by atoms with E-state index in [1.807, 2.05) is 0 Å². The second-order valence-corrected chi connectivity index (χ2v) is 3.86. The molecule has 0 unspecified atom stereocenters. The lowest BCUT2D eigenvalue weighted by atomic mass is 10.1. The van der Waals surface area contributed by atoms with E-state index < -0.39 is 0 Å². The molecule has 0 aromatic carbocycles. The number of nitrogens with zero attached hydrogens (tertiary/aromatic N) is 3. The molecule has 0 radical (unpaired) electrons. The first-order valence-electron chi connectivity index (χ1n) is 5.53. The number of hydrogen-bond donors (Lipinski definition) is 1. The normalized spacial score (nSPS) is 13.7. The molecule has 0 aliphatic carbocycles. The molecule has 16 heavy (non-hydrogen) atoms. The van der Waals surface area contributed by atoms with E-state index in [4.69, 9.17) is 5.26 Å². The smallest absolute Gasteiger partial charge is 0.268 e. The summed E-state index contributed by atoms with van der Waals surface area (Å²) in [4.78, 5) is 11.7. The van der Waals surface area contributed by atoms with Gasteiger partial charge in [0.15, 0.2) is 0 Å². The fourth-order valence-corrected chi connectivity index (χ4v) is 1.81. The Labute approximate surface area is 93.7 Å². The fraction of sp³-hybridized carbons (Fsp3) is 0.545. The van der Waals surface area contributed by atoms with Crippen LogP contribution in [0.5, 0.6) is 0 Å². The Morgan fingerprint density at radius 1 is 1.62 bits per heavy atom. The van der Waals surface area contributed by atoms with E-state index in [0.717, 1.165) is 30.8 Å². The van der Waals surface area contributed by atoms with Crippen LogP contribution in [0.2, 0.25) is 0 Å². The van der Waals surface area contributed by atoms with E-state index in [9.17, 15) is 4.79 Å². The van der Waals surface area contributed by atoms with Crippen molar-refractivity contribution in [3.63, 3.8) is 0 Å². The molecule has 0 spiro atoms. The van der Waals surface area contributed by atoms with Crippen LogP contribution in [0.3, 0.4) is 0 Å². The molecule has 1 aromatic rings. The van der Waals surface area contributed by atoms with Crippen molar-refractivity contribution in [2.45, 2.75) is 32.2 Å². The average Bonchev–Trinajstić information content (AvgIpc) is 2.30. The van der Waals surface area contributed by atoms with E-state index in [0.29, 0.717) is 19.4 Å². The fourth-order valence-electron chi connectivity index (χ4n) is 1.81. The molecule has 1 aromatic heterocycles. The first-order valence-corrected chi connectivity index (χ1v) is 5.53. The minimum Gasteiger partial charge on any atom is -0.383 e. The lowest BCUT2D eigenvalue weighted by Crippen LogP contribution is -2.27. The van der Waals surface area contributed by atoms with Crippen molar-refractivity contribution in [3.8, 4) is 6.07 Å². The predicted octanol–water partition coefficient (Wildman–Crippen LogP) is 0.905. The maximum Gasteiger partial charge on any atom is 0.268 e. The molecule has 1 aliphatic rings. The first kappa shape index (κ1) is 10.7. The molecule has 5 heteroatoms. The van der Waals surface area contributed by atoms with Crippen molar-refractivity contribution >= 4 is 5.69 Å². The van der Waals surface area contributed by atoms with Gasteiger partial charge in [0, 0.05) is 25.6 Å². The van der Waals surface area contributed by atoms with E-state index >= 15 is 0 Å². The highest BCUT2D eigenvalue weighted by Crippen LogP contribution is 2.16. The van der Waals surface area contributed by atoms with Crippen LogP contribution < -0.4 is 10.9 Å². The van der Waals surface area contributed by atoms with E-state index in [-0.39, 0.29) is 5.56 Å². The highest BCUT2D eigenvalue weighted by Gasteiger charge is 2.12. The van der Waals surface area contributed by atoms with Crippen LogP contribution in [-0.2, 0) is 13.0 Å². The number of hydrogen-bond acceptors (Lipinski definition) is 4. The predicted molar refractivity (Wildman–Crippen MR) is 60.2 cm³/mol. The van der Waals surface area contributed by atoms with Crippen LogP contribution in [0, 0.1) is 11.3 Å². The number of fused-ring (bicyclic) bond motifs is 1. The zero-order valence-corrected chi connectivity index (χ0v) is 9.07. The molecule has 2 heterocycles. The molecule has 1 N–H and O–H groups in total. The second kappa shape index (κ2) is 4.79. The molecule has 2 rings (SSSR count). The standard InChI is InChI=1S/C11H14N4O/c12-5-1-2-7-15-11(16)8-10-9(14-15)4-3-6-13-10/h8,13H,1-4,6-7H2. The van der Waals surface area contributed by atoms with Gasteiger partial charge < -0.3 is 5.32 Å². The molecule has 0 saturated carbocycles. The van der Waals surface area contributed by atoms with Gasteiger partial charge in [-0.05, 0) is 19.3 Å². The third kappa shape index (κ3) is 2.22. The molecular weight excluding hydrogens is 204 g/mol. The van der Waals surface area contributed by atoms with Gasteiger partial charge in [0.05, 0.1) is 17.5 Å². The molecule has 0 atom stereocenters. The SMILES string of the molecule is N#CCCCn1nc2c(cc1=O)NCCC2. The van der Waals surface area contributed by atoms with Gasteiger partial charge >= 0.3 is 0 Å². The summed E-state index contributed by atoms with van der Waals surface area (Å²) in [5, 5.41) is 15.9. The van der Waals surface area contributed by atoms with Crippen LogP contribution in [0.15, 0.2) is 10.9 Å². The number of rotatable bonds is 3. The Kier molecular flexibility index (Phi) is 3.20. The monoisotopic (exact) mass is 218 g/mol.